The zero-order valence-electron chi connectivity index (χ0n) is 25.2. The van der Waals surface area contributed by atoms with Crippen LogP contribution < -0.4 is 4.72 Å². The number of likely N-dealkylation sites (N-methyl/N-ethyl adjacent to an activating group) is 1. The SMILES string of the molecule is C[C@@H]1[C@H](CN(C)[C@@H](C)[C@H](O)c2ccccc2)O[C@H](c2cccc(NS(=O)(=O)c3ccccc3)c2)O[C@@H]1c1ccc(CO)cc1. The fourth-order valence-corrected chi connectivity index (χ4v) is 6.58. The van der Waals surface area contributed by atoms with Gasteiger partial charge < -0.3 is 19.7 Å². The summed E-state index contributed by atoms with van der Waals surface area (Å²) in [4.78, 5) is 2.27. The summed E-state index contributed by atoms with van der Waals surface area (Å²) in [5.41, 5.74) is 3.68. The molecule has 0 saturated carbocycles. The molecule has 0 radical (unpaired) electrons. The van der Waals surface area contributed by atoms with Gasteiger partial charge in [-0.05, 0) is 54.9 Å². The van der Waals surface area contributed by atoms with E-state index in [9.17, 15) is 18.6 Å². The van der Waals surface area contributed by atoms with Crippen LogP contribution in [-0.4, -0.2) is 49.3 Å². The Morgan fingerprint density at radius 2 is 1.52 bits per heavy atom. The second kappa shape index (κ2) is 14.0. The lowest BCUT2D eigenvalue weighted by atomic mass is 9.89. The average molecular weight is 617 g/mol. The number of hydrogen-bond acceptors (Lipinski definition) is 7. The maximum absolute atomic E-state index is 13.0. The average Bonchev–Trinajstić information content (AvgIpc) is 3.05. The molecule has 1 aliphatic heterocycles. The van der Waals surface area contributed by atoms with E-state index in [0.717, 1.165) is 16.7 Å². The van der Waals surface area contributed by atoms with Crippen molar-refractivity contribution in [3.8, 4) is 0 Å². The van der Waals surface area contributed by atoms with E-state index in [4.69, 9.17) is 9.47 Å². The van der Waals surface area contributed by atoms with Crippen molar-refractivity contribution in [2.24, 2.45) is 5.92 Å². The molecule has 0 unspecified atom stereocenters. The van der Waals surface area contributed by atoms with Crippen molar-refractivity contribution < 1.29 is 28.1 Å². The van der Waals surface area contributed by atoms with Gasteiger partial charge in [-0.1, -0.05) is 91.9 Å². The minimum Gasteiger partial charge on any atom is -0.392 e. The van der Waals surface area contributed by atoms with Gasteiger partial charge in [0.15, 0.2) is 6.29 Å². The molecule has 0 aliphatic carbocycles. The van der Waals surface area contributed by atoms with Crippen LogP contribution in [0.4, 0.5) is 5.69 Å². The zero-order valence-corrected chi connectivity index (χ0v) is 26.0. The Bertz CT molecular complexity index is 1600. The van der Waals surface area contributed by atoms with Gasteiger partial charge in [0, 0.05) is 29.8 Å². The molecule has 3 N–H and O–H groups in total. The fourth-order valence-electron chi connectivity index (χ4n) is 5.51. The van der Waals surface area contributed by atoms with Gasteiger partial charge in [0.05, 0.1) is 29.8 Å². The second-order valence-corrected chi connectivity index (χ2v) is 13.1. The normalized spacial score (nSPS) is 22.0. The van der Waals surface area contributed by atoms with Gasteiger partial charge in [-0.25, -0.2) is 8.42 Å². The maximum atomic E-state index is 13.0. The predicted molar refractivity (Wildman–Crippen MR) is 170 cm³/mol. The highest BCUT2D eigenvalue weighted by molar-refractivity contribution is 7.92. The summed E-state index contributed by atoms with van der Waals surface area (Å²) in [5.74, 6) is -0.0606. The standard InChI is InChI=1S/C35H40N2O6S/c1-24-32(22-37(3)25(2)33(39)27-11-6-4-7-12-27)42-35(43-34(24)28-19-17-26(23-38)18-20-28)29-13-10-14-30(21-29)36-44(40,41)31-15-8-5-9-16-31/h4-21,24-25,32-36,38-39H,22-23H2,1-3H3/t24-,25+,32+,33+,34+,35+/m1/s1. The molecule has 0 spiro atoms. The molecule has 1 fully saturated rings. The number of aliphatic hydroxyl groups is 2. The monoisotopic (exact) mass is 616 g/mol. The van der Waals surface area contributed by atoms with Crippen molar-refractivity contribution in [1.29, 1.82) is 0 Å². The number of rotatable bonds is 11. The third-order valence-corrected chi connectivity index (χ3v) is 9.75. The predicted octanol–water partition coefficient (Wildman–Crippen LogP) is 5.83. The lowest BCUT2D eigenvalue weighted by Gasteiger charge is -2.43. The Kier molecular flexibility index (Phi) is 10.2. The van der Waals surface area contributed by atoms with E-state index in [0.29, 0.717) is 17.8 Å². The molecule has 0 bridgehead atoms. The van der Waals surface area contributed by atoms with Crippen LogP contribution in [0.25, 0.3) is 0 Å². The molecule has 4 aromatic rings. The summed E-state index contributed by atoms with van der Waals surface area (Å²) in [6, 6.07) is 32.4. The molecule has 1 heterocycles. The first-order valence-electron chi connectivity index (χ1n) is 14.8. The van der Waals surface area contributed by atoms with Gasteiger partial charge in [-0.2, -0.15) is 0 Å². The Balaban J connectivity index is 1.40. The molecule has 9 heteroatoms. The topological polar surface area (TPSA) is 108 Å². The van der Waals surface area contributed by atoms with E-state index in [2.05, 4.69) is 16.5 Å². The molecule has 8 nitrogen and oxygen atoms in total. The Labute approximate surface area is 259 Å². The molecule has 0 aromatic heterocycles. The first-order valence-corrected chi connectivity index (χ1v) is 16.3. The number of nitrogens with one attached hydrogen (secondary N) is 1. The highest BCUT2D eigenvalue weighted by atomic mass is 32.2. The molecule has 6 atom stereocenters. The molecular weight excluding hydrogens is 576 g/mol. The van der Waals surface area contributed by atoms with Gasteiger partial charge in [-0.3, -0.25) is 9.62 Å². The third kappa shape index (κ3) is 7.38. The first kappa shape index (κ1) is 31.8. The van der Waals surface area contributed by atoms with Crippen LogP contribution in [0.5, 0.6) is 0 Å². The van der Waals surface area contributed by atoms with E-state index in [-0.39, 0.29) is 35.7 Å². The number of hydrogen-bond donors (Lipinski definition) is 3. The van der Waals surface area contributed by atoms with Gasteiger partial charge in [-0.15, -0.1) is 0 Å². The highest BCUT2D eigenvalue weighted by Gasteiger charge is 2.39. The van der Waals surface area contributed by atoms with Gasteiger partial charge in [0.2, 0.25) is 0 Å². The summed E-state index contributed by atoms with van der Waals surface area (Å²) in [5, 5.41) is 20.6. The quantitative estimate of drug-likeness (QED) is 0.195. The lowest BCUT2D eigenvalue weighted by molar-refractivity contribution is -0.276. The number of anilines is 1. The van der Waals surface area contributed by atoms with Crippen molar-refractivity contribution in [2.45, 2.75) is 56.0 Å². The third-order valence-electron chi connectivity index (χ3n) is 8.35. The van der Waals surface area contributed by atoms with Crippen molar-refractivity contribution in [3.05, 3.63) is 131 Å². The molecule has 44 heavy (non-hydrogen) atoms. The van der Waals surface area contributed by atoms with E-state index in [1.54, 1.807) is 48.5 Å². The van der Waals surface area contributed by atoms with Crippen LogP contribution in [0.2, 0.25) is 0 Å². The summed E-state index contributed by atoms with van der Waals surface area (Å²) in [6.07, 6.45) is -2.07. The van der Waals surface area contributed by atoms with Crippen molar-refractivity contribution in [1.82, 2.24) is 4.90 Å². The van der Waals surface area contributed by atoms with Crippen molar-refractivity contribution in [2.75, 3.05) is 18.3 Å². The number of nitrogens with zero attached hydrogens (tertiary/aromatic N) is 1. The summed E-state index contributed by atoms with van der Waals surface area (Å²) in [6.45, 7) is 4.56. The molecule has 5 rings (SSSR count). The van der Waals surface area contributed by atoms with Crippen LogP contribution >= 0.6 is 0 Å². The van der Waals surface area contributed by atoms with Crippen LogP contribution in [0.15, 0.2) is 114 Å². The van der Waals surface area contributed by atoms with Gasteiger partial charge in [0.25, 0.3) is 10.0 Å². The molecule has 4 aromatic carbocycles. The van der Waals surface area contributed by atoms with Crippen LogP contribution in [0.1, 0.15) is 54.6 Å². The van der Waals surface area contributed by atoms with Crippen LogP contribution in [-0.2, 0) is 26.1 Å². The second-order valence-electron chi connectivity index (χ2n) is 11.4. The molecule has 1 saturated heterocycles. The van der Waals surface area contributed by atoms with Gasteiger partial charge >= 0.3 is 0 Å². The minimum absolute atomic E-state index is 0.0478. The maximum Gasteiger partial charge on any atom is 0.261 e. The van der Waals surface area contributed by atoms with Crippen LogP contribution in [0, 0.1) is 5.92 Å². The fraction of sp³-hybridized carbons (Fsp3) is 0.314. The lowest BCUT2D eigenvalue weighted by Crippen LogP contribution is -2.46. The van der Waals surface area contributed by atoms with E-state index in [1.807, 2.05) is 74.6 Å². The van der Waals surface area contributed by atoms with Crippen molar-refractivity contribution >= 4 is 15.7 Å². The summed E-state index contributed by atoms with van der Waals surface area (Å²) in [7, 11) is -1.81. The number of aliphatic hydroxyl groups excluding tert-OH is 2. The Hall–Kier alpha value is -3.57. The van der Waals surface area contributed by atoms with E-state index >= 15 is 0 Å². The minimum atomic E-state index is -3.78. The largest absolute Gasteiger partial charge is 0.392 e. The molecule has 232 valence electrons. The summed E-state index contributed by atoms with van der Waals surface area (Å²) >= 11 is 0. The number of ether oxygens (including phenoxy) is 2. The Morgan fingerprint density at radius 1 is 0.864 bits per heavy atom. The molecule has 0 amide bonds. The smallest absolute Gasteiger partial charge is 0.261 e. The summed E-state index contributed by atoms with van der Waals surface area (Å²) < 4.78 is 41.8. The van der Waals surface area contributed by atoms with Crippen molar-refractivity contribution in [3.63, 3.8) is 0 Å². The van der Waals surface area contributed by atoms with Crippen LogP contribution in [0.3, 0.4) is 0 Å². The first-order chi connectivity index (χ1) is 21.2. The van der Waals surface area contributed by atoms with E-state index in [1.165, 1.54) is 0 Å². The molecular formula is C35H40N2O6S. The Morgan fingerprint density at radius 3 is 2.18 bits per heavy atom. The highest BCUT2D eigenvalue weighted by Crippen LogP contribution is 2.42. The van der Waals surface area contributed by atoms with Gasteiger partial charge in [0.1, 0.15) is 0 Å². The zero-order chi connectivity index (χ0) is 31.3. The number of benzene rings is 4. The van der Waals surface area contributed by atoms with E-state index < -0.39 is 22.4 Å². The number of sulfonamides is 1. The molecule has 1 aliphatic rings.